The Hall–Kier alpha value is -1.79. The van der Waals surface area contributed by atoms with Crippen molar-refractivity contribution in [3.8, 4) is 0 Å². The van der Waals surface area contributed by atoms with Gasteiger partial charge in [0.2, 0.25) is 11.8 Å². The highest BCUT2D eigenvalue weighted by Gasteiger charge is 2.48. The lowest BCUT2D eigenvalue weighted by Crippen LogP contribution is -2.39. The summed E-state index contributed by atoms with van der Waals surface area (Å²) in [5.41, 5.74) is 0.407. The quantitative estimate of drug-likeness (QED) is 0.806. The van der Waals surface area contributed by atoms with E-state index in [4.69, 9.17) is 4.74 Å². The van der Waals surface area contributed by atoms with Gasteiger partial charge in [0, 0.05) is 5.56 Å². The van der Waals surface area contributed by atoms with Crippen molar-refractivity contribution >= 4 is 11.8 Å². The standard InChI is InChI=1S/C18H22FNO4/c19-16-8-4-1-5-12(16)10-24-11-13(21)9-20-17(22)14-6-2-3-7-15(14)18(20)23/h1,4-5,8,13-15,21H,2-3,6-7,9-11H2/t13-,14+,15+/m0/s1. The number of aliphatic hydroxyl groups excluding tert-OH is 1. The van der Waals surface area contributed by atoms with Crippen LogP contribution in [0.15, 0.2) is 24.3 Å². The molecule has 1 aliphatic carbocycles. The molecule has 0 aromatic heterocycles. The Balaban J connectivity index is 1.50. The van der Waals surface area contributed by atoms with Crippen LogP contribution in [0.3, 0.4) is 0 Å². The van der Waals surface area contributed by atoms with Crippen LogP contribution in [0.2, 0.25) is 0 Å². The molecule has 5 nitrogen and oxygen atoms in total. The first-order valence-corrected chi connectivity index (χ1v) is 8.42. The maximum Gasteiger partial charge on any atom is 0.233 e. The predicted octanol–water partition coefficient (Wildman–Crippen LogP) is 1.88. The van der Waals surface area contributed by atoms with Crippen molar-refractivity contribution in [1.82, 2.24) is 4.90 Å². The van der Waals surface area contributed by atoms with Gasteiger partial charge in [0.1, 0.15) is 5.82 Å². The van der Waals surface area contributed by atoms with Crippen LogP contribution in [0.25, 0.3) is 0 Å². The Kier molecular flexibility index (Phi) is 5.26. The summed E-state index contributed by atoms with van der Waals surface area (Å²) < 4.78 is 18.8. The van der Waals surface area contributed by atoms with Gasteiger partial charge < -0.3 is 9.84 Å². The van der Waals surface area contributed by atoms with Gasteiger partial charge in [-0.2, -0.15) is 0 Å². The molecular formula is C18H22FNO4. The number of aliphatic hydroxyl groups is 1. The van der Waals surface area contributed by atoms with E-state index in [0.29, 0.717) is 5.56 Å². The molecule has 24 heavy (non-hydrogen) atoms. The summed E-state index contributed by atoms with van der Waals surface area (Å²) in [7, 11) is 0. The number of β-amino-alcohol motifs (C(OH)–C–C–N with tert-alkyl or cyclic N) is 1. The third-order valence-corrected chi connectivity index (χ3v) is 4.85. The van der Waals surface area contributed by atoms with Crippen LogP contribution in [0.4, 0.5) is 4.39 Å². The molecule has 1 aromatic rings. The Bertz CT molecular complexity index is 597. The number of imide groups is 1. The van der Waals surface area contributed by atoms with Crippen molar-refractivity contribution in [2.75, 3.05) is 13.2 Å². The number of hydrogen-bond acceptors (Lipinski definition) is 4. The first kappa shape index (κ1) is 17.0. The van der Waals surface area contributed by atoms with Crippen molar-refractivity contribution in [3.63, 3.8) is 0 Å². The van der Waals surface area contributed by atoms with E-state index in [9.17, 15) is 19.1 Å². The number of hydrogen-bond donors (Lipinski definition) is 1. The fourth-order valence-electron chi connectivity index (χ4n) is 3.59. The third kappa shape index (κ3) is 3.49. The molecule has 6 heteroatoms. The van der Waals surface area contributed by atoms with Gasteiger partial charge in [0.25, 0.3) is 0 Å². The number of nitrogens with zero attached hydrogens (tertiary/aromatic N) is 1. The van der Waals surface area contributed by atoms with Crippen LogP contribution in [-0.2, 0) is 20.9 Å². The summed E-state index contributed by atoms with van der Waals surface area (Å²) in [5, 5.41) is 10.1. The average Bonchev–Trinajstić information content (AvgIpc) is 2.82. The van der Waals surface area contributed by atoms with Crippen LogP contribution < -0.4 is 0 Å². The molecule has 0 unspecified atom stereocenters. The summed E-state index contributed by atoms with van der Waals surface area (Å²) in [5.74, 6) is -1.12. The van der Waals surface area contributed by atoms with Crippen molar-refractivity contribution in [3.05, 3.63) is 35.6 Å². The number of likely N-dealkylation sites (tertiary alicyclic amines) is 1. The molecule has 1 saturated carbocycles. The van der Waals surface area contributed by atoms with Gasteiger partial charge in [-0.15, -0.1) is 0 Å². The lowest BCUT2D eigenvalue weighted by atomic mass is 9.81. The molecule has 2 fully saturated rings. The summed E-state index contributed by atoms with van der Waals surface area (Å²) in [6.07, 6.45) is 2.49. The highest BCUT2D eigenvalue weighted by molar-refractivity contribution is 6.05. The van der Waals surface area contributed by atoms with E-state index in [1.165, 1.54) is 11.0 Å². The molecule has 1 aromatic carbocycles. The lowest BCUT2D eigenvalue weighted by molar-refractivity contribution is -0.142. The molecule has 130 valence electrons. The predicted molar refractivity (Wildman–Crippen MR) is 84.2 cm³/mol. The molecule has 3 rings (SSSR count). The van der Waals surface area contributed by atoms with Crippen molar-refractivity contribution in [2.24, 2.45) is 11.8 Å². The molecule has 0 spiro atoms. The second-order valence-corrected chi connectivity index (χ2v) is 6.54. The zero-order chi connectivity index (χ0) is 17.1. The number of carbonyl (C=O) groups is 2. The summed E-state index contributed by atoms with van der Waals surface area (Å²) >= 11 is 0. The zero-order valence-electron chi connectivity index (χ0n) is 13.5. The molecule has 2 aliphatic rings. The number of rotatable bonds is 6. The molecule has 1 aliphatic heterocycles. The molecule has 1 saturated heterocycles. The average molecular weight is 335 g/mol. The molecule has 2 amide bonds. The van der Waals surface area contributed by atoms with Gasteiger partial charge in [-0.3, -0.25) is 14.5 Å². The maximum atomic E-state index is 13.5. The van der Waals surface area contributed by atoms with E-state index in [-0.39, 0.29) is 49.2 Å². The second kappa shape index (κ2) is 7.40. The van der Waals surface area contributed by atoms with Crippen LogP contribution in [0.1, 0.15) is 31.2 Å². The fourth-order valence-corrected chi connectivity index (χ4v) is 3.59. The van der Waals surface area contributed by atoms with Gasteiger partial charge in [0.15, 0.2) is 0 Å². The van der Waals surface area contributed by atoms with Crippen LogP contribution >= 0.6 is 0 Å². The third-order valence-electron chi connectivity index (χ3n) is 4.85. The first-order valence-electron chi connectivity index (χ1n) is 8.42. The zero-order valence-corrected chi connectivity index (χ0v) is 13.5. The number of benzene rings is 1. The maximum absolute atomic E-state index is 13.5. The summed E-state index contributed by atoms with van der Waals surface area (Å²) in [4.78, 5) is 25.8. The number of halogens is 1. The highest BCUT2D eigenvalue weighted by atomic mass is 19.1. The van der Waals surface area contributed by atoms with E-state index in [0.717, 1.165) is 25.7 Å². The second-order valence-electron chi connectivity index (χ2n) is 6.54. The smallest absolute Gasteiger partial charge is 0.233 e. The van der Waals surface area contributed by atoms with E-state index >= 15 is 0 Å². The molecular weight excluding hydrogens is 313 g/mol. The van der Waals surface area contributed by atoms with Crippen LogP contribution in [0.5, 0.6) is 0 Å². The first-order chi connectivity index (χ1) is 11.6. The fraction of sp³-hybridized carbons (Fsp3) is 0.556. The number of fused-ring (bicyclic) bond motifs is 1. The topological polar surface area (TPSA) is 66.8 Å². The van der Waals surface area contributed by atoms with Crippen LogP contribution in [0, 0.1) is 17.7 Å². The largest absolute Gasteiger partial charge is 0.389 e. The van der Waals surface area contributed by atoms with Crippen LogP contribution in [-0.4, -0.2) is 41.1 Å². The molecule has 1 heterocycles. The monoisotopic (exact) mass is 335 g/mol. The Morgan fingerprint density at radius 1 is 1.17 bits per heavy atom. The summed E-state index contributed by atoms with van der Waals surface area (Å²) in [6, 6.07) is 6.26. The minimum Gasteiger partial charge on any atom is -0.389 e. The van der Waals surface area contributed by atoms with Gasteiger partial charge in [-0.05, 0) is 18.9 Å². The van der Waals surface area contributed by atoms with Crippen molar-refractivity contribution in [2.45, 2.75) is 38.4 Å². The number of amides is 2. The van der Waals surface area contributed by atoms with E-state index in [2.05, 4.69) is 0 Å². The van der Waals surface area contributed by atoms with Gasteiger partial charge >= 0.3 is 0 Å². The van der Waals surface area contributed by atoms with E-state index < -0.39 is 6.10 Å². The SMILES string of the molecule is O=C1[C@@H]2CCCC[C@H]2C(=O)N1C[C@H](O)COCc1ccccc1F. The Morgan fingerprint density at radius 2 is 1.79 bits per heavy atom. The van der Waals surface area contributed by atoms with E-state index in [1.807, 2.05) is 0 Å². The highest BCUT2D eigenvalue weighted by Crippen LogP contribution is 2.37. The van der Waals surface area contributed by atoms with E-state index in [1.54, 1.807) is 18.2 Å². The number of carbonyl (C=O) groups excluding carboxylic acids is 2. The minimum atomic E-state index is -0.968. The van der Waals surface area contributed by atoms with Gasteiger partial charge in [0.05, 0.1) is 37.7 Å². The Morgan fingerprint density at radius 3 is 2.42 bits per heavy atom. The Labute approximate surface area is 140 Å². The van der Waals surface area contributed by atoms with Gasteiger partial charge in [-0.1, -0.05) is 31.0 Å². The molecule has 3 atom stereocenters. The minimum absolute atomic E-state index is 0.0386. The molecule has 0 bridgehead atoms. The number of ether oxygens (including phenoxy) is 1. The van der Waals surface area contributed by atoms with Gasteiger partial charge in [-0.25, -0.2) is 4.39 Å². The summed E-state index contributed by atoms with van der Waals surface area (Å²) in [6.45, 7) is -0.0699. The van der Waals surface area contributed by atoms with Crippen molar-refractivity contribution < 1.29 is 23.8 Å². The lowest BCUT2D eigenvalue weighted by Gasteiger charge is -2.19. The molecule has 0 radical (unpaired) electrons. The molecule has 1 N–H and O–H groups in total. The van der Waals surface area contributed by atoms with Crippen molar-refractivity contribution in [1.29, 1.82) is 0 Å². The normalized spacial score (nSPS) is 25.0.